The molecule has 0 unspecified atom stereocenters. The average Bonchev–Trinajstić information content (AvgIpc) is 2.55. The molecule has 4 heteroatoms. The monoisotopic (exact) mass is 323 g/mol. The highest BCUT2D eigenvalue weighted by atomic mass is 16.5. The summed E-state index contributed by atoms with van der Waals surface area (Å²) in [5.74, 6) is 0. The molecule has 0 aromatic heterocycles. The third-order valence-electron chi connectivity index (χ3n) is 3.67. The molecule has 1 heterocycles. The lowest BCUT2D eigenvalue weighted by Crippen LogP contribution is -2.36. The van der Waals surface area contributed by atoms with Gasteiger partial charge in [-0.2, -0.15) is 0 Å². The van der Waals surface area contributed by atoms with Gasteiger partial charge in [0.05, 0.1) is 0 Å². The standard InChI is InChI=1S/C18H32N2O.CH5N/c1-15(2)6-7-17(16(3)4)14-19-10-5-11-20-18-8-12-21-13-9-18;1-2/h6-7,18-20H,3,5,8-14H2,1-2,4H3;2H2,1H3/b17-7-;. The van der Waals surface area contributed by atoms with E-state index >= 15 is 0 Å². The lowest BCUT2D eigenvalue weighted by Gasteiger charge is -2.23. The quantitative estimate of drug-likeness (QED) is 0.451. The molecule has 0 aromatic carbocycles. The van der Waals surface area contributed by atoms with Gasteiger partial charge in [0.1, 0.15) is 0 Å². The molecule has 0 spiro atoms. The molecule has 1 rings (SSSR count). The van der Waals surface area contributed by atoms with Crippen LogP contribution < -0.4 is 16.4 Å². The summed E-state index contributed by atoms with van der Waals surface area (Å²) in [5.41, 5.74) is 8.24. The zero-order valence-corrected chi connectivity index (χ0v) is 15.6. The van der Waals surface area contributed by atoms with Gasteiger partial charge in [-0.25, -0.2) is 0 Å². The predicted molar refractivity (Wildman–Crippen MR) is 102 cm³/mol. The minimum atomic E-state index is 0.655. The predicted octanol–water partition coefficient (Wildman–Crippen LogP) is 2.78. The van der Waals surface area contributed by atoms with Crippen molar-refractivity contribution in [1.82, 2.24) is 10.6 Å². The van der Waals surface area contributed by atoms with E-state index in [2.05, 4.69) is 55.9 Å². The number of ether oxygens (including phenoxy) is 1. The molecule has 1 aliphatic rings. The lowest BCUT2D eigenvalue weighted by molar-refractivity contribution is 0.0780. The van der Waals surface area contributed by atoms with E-state index in [0.717, 1.165) is 57.7 Å². The highest BCUT2D eigenvalue weighted by Gasteiger charge is 2.11. The van der Waals surface area contributed by atoms with Crippen LogP contribution >= 0.6 is 0 Å². The Labute approximate surface area is 143 Å². The minimum Gasteiger partial charge on any atom is -0.381 e. The Morgan fingerprint density at radius 2 is 1.78 bits per heavy atom. The van der Waals surface area contributed by atoms with Crippen LogP contribution in [0, 0.1) is 0 Å². The zero-order valence-electron chi connectivity index (χ0n) is 15.6. The molecule has 0 aliphatic carbocycles. The van der Waals surface area contributed by atoms with Gasteiger partial charge in [0.2, 0.25) is 0 Å². The average molecular weight is 324 g/mol. The Morgan fingerprint density at radius 3 is 2.35 bits per heavy atom. The van der Waals surface area contributed by atoms with Crippen LogP contribution in [0.4, 0.5) is 0 Å². The third-order valence-corrected chi connectivity index (χ3v) is 3.67. The maximum Gasteiger partial charge on any atom is 0.0480 e. The van der Waals surface area contributed by atoms with Crippen molar-refractivity contribution in [3.63, 3.8) is 0 Å². The van der Waals surface area contributed by atoms with Crippen LogP contribution in [0.15, 0.2) is 35.5 Å². The number of nitrogens with two attached hydrogens (primary N) is 1. The summed E-state index contributed by atoms with van der Waals surface area (Å²) in [6, 6.07) is 0.655. The van der Waals surface area contributed by atoms with Crippen molar-refractivity contribution in [1.29, 1.82) is 0 Å². The van der Waals surface area contributed by atoms with E-state index in [9.17, 15) is 0 Å². The van der Waals surface area contributed by atoms with Gasteiger partial charge >= 0.3 is 0 Å². The normalized spacial score (nSPS) is 15.6. The summed E-state index contributed by atoms with van der Waals surface area (Å²) in [7, 11) is 1.50. The van der Waals surface area contributed by atoms with Gasteiger partial charge < -0.3 is 21.1 Å². The molecule has 4 nitrogen and oxygen atoms in total. The molecule has 1 fully saturated rings. The van der Waals surface area contributed by atoms with Crippen molar-refractivity contribution >= 4 is 0 Å². The van der Waals surface area contributed by atoms with Crippen molar-refractivity contribution < 1.29 is 4.74 Å². The van der Waals surface area contributed by atoms with Crippen LogP contribution in [-0.2, 0) is 4.74 Å². The Kier molecular flexibility index (Phi) is 14.0. The van der Waals surface area contributed by atoms with Crippen LogP contribution in [0.2, 0.25) is 0 Å². The van der Waals surface area contributed by atoms with E-state index in [0.29, 0.717) is 6.04 Å². The van der Waals surface area contributed by atoms with Crippen molar-refractivity contribution in [2.24, 2.45) is 5.73 Å². The van der Waals surface area contributed by atoms with Crippen LogP contribution in [0.5, 0.6) is 0 Å². The Hall–Kier alpha value is -0.940. The van der Waals surface area contributed by atoms with E-state index in [1.165, 1.54) is 18.2 Å². The van der Waals surface area contributed by atoms with Gasteiger partial charge in [-0.05, 0) is 65.7 Å². The summed E-state index contributed by atoms with van der Waals surface area (Å²) in [4.78, 5) is 0. The molecule has 134 valence electrons. The Morgan fingerprint density at radius 1 is 1.13 bits per heavy atom. The molecule has 23 heavy (non-hydrogen) atoms. The molecule has 0 aromatic rings. The van der Waals surface area contributed by atoms with E-state index in [4.69, 9.17) is 4.74 Å². The third kappa shape index (κ3) is 12.2. The number of hydrogen-bond acceptors (Lipinski definition) is 4. The highest BCUT2D eigenvalue weighted by Crippen LogP contribution is 2.07. The van der Waals surface area contributed by atoms with E-state index in [1.54, 1.807) is 0 Å². The zero-order chi connectivity index (χ0) is 17.5. The van der Waals surface area contributed by atoms with Crippen LogP contribution in [0.3, 0.4) is 0 Å². The molecule has 0 radical (unpaired) electrons. The minimum absolute atomic E-state index is 0.655. The Bertz CT molecular complexity index is 365. The fraction of sp³-hybridized carbons (Fsp3) is 0.684. The second-order valence-electron chi connectivity index (χ2n) is 6.09. The molecule has 0 atom stereocenters. The number of rotatable bonds is 9. The maximum absolute atomic E-state index is 5.36. The smallest absolute Gasteiger partial charge is 0.0480 e. The van der Waals surface area contributed by atoms with Gasteiger partial charge in [0, 0.05) is 25.8 Å². The first-order valence-electron chi connectivity index (χ1n) is 8.69. The van der Waals surface area contributed by atoms with Gasteiger partial charge in [-0.1, -0.05) is 29.9 Å². The molecule has 0 amide bonds. The SMILES string of the molecule is C=C(C)/C(=C\C=C(C)C)CNCCCNC1CCOCC1.CN. The first-order valence-corrected chi connectivity index (χ1v) is 8.69. The van der Waals surface area contributed by atoms with E-state index in [1.807, 2.05) is 0 Å². The maximum atomic E-state index is 5.36. The second-order valence-corrected chi connectivity index (χ2v) is 6.09. The number of allylic oxidation sites excluding steroid dienone is 3. The van der Waals surface area contributed by atoms with E-state index < -0.39 is 0 Å². The summed E-state index contributed by atoms with van der Waals surface area (Å²) in [6.45, 7) is 15.2. The van der Waals surface area contributed by atoms with E-state index in [-0.39, 0.29) is 0 Å². The van der Waals surface area contributed by atoms with Gasteiger partial charge in [-0.3, -0.25) is 0 Å². The summed E-state index contributed by atoms with van der Waals surface area (Å²) in [6.07, 6.45) is 7.78. The van der Waals surface area contributed by atoms with Crippen molar-refractivity contribution in [3.05, 3.63) is 35.5 Å². The summed E-state index contributed by atoms with van der Waals surface area (Å²) < 4.78 is 5.36. The van der Waals surface area contributed by atoms with Crippen molar-refractivity contribution in [2.45, 2.75) is 46.1 Å². The Balaban J connectivity index is 0.00000232. The fourth-order valence-electron chi connectivity index (χ4n) is 2.26. The molecular formula is C19H37N3O. The molecule has 1 aliphatic heterocycles. The number of nitrogens with one attached hydrogen (secondary N) is 2. The summed E-state index contributed by atoms with van der Waals surface area (Å²) in [5, 5.41) is 7.12. The van der Waals surface area contributed by atoms with Crippen molar-refractivity contribution in [2.75, 3.05) is 39.9 Å². The van der Waals surface area contributed by atoms with Gasteiger partial charge in [0.15, 0.2) is 0 Å². The van der Waals surface area contributed by atoms with Gasteiger partial charge in [0.25, 0.3) is 0 Å². The first-order chi connectivity index (χ1) is 11.1. The summed E-state index contributed by atoms with van der Waals surface area (Å²) >= 11 is 0. The number of hydrogen-bond donors (Lipinski definition) is 3. The molecule has 0 saturated carbocycles. The first kappa shape index (κ1) is 22.1. The van der Waals surface area contributed by atoms with Crippen LogP contribution in [0.25, 0.3) is 0 Å². The fourth-order valence-corrected chi connectivity index (χ4v) is 2.26. The highest BCUT2D eigenvalue weighted by molar-refractivity contribution is 5.31. The van der Waals surface area contributed by atoms with Gasteiger partial charge in [-0.15, -0.1) is 0 Å². The molecule has 1 saturated heterocycles. The lowest BCUT2D eigenvalue weighted by atomic mass is 10.1. The topological polar surface area (TPSA) is 59.3 Å². The van der Waals surface area contributed by atoms with Crippen molar-refractivity contribution in [3.8, 4) is 0 Å². The van der Waals surface area contributed by atoms with Crippen LogP contribution in [-0.4, -0.2) is 45.9 Å². The molecular weight excluding hydrogens is 286 g/mol. The molecule has 4 N–H and O–H groups in total. The molecule has 0 bridgehead atoms. The largest absolute Gasteiger partial charge is 0.381 e. The second kappa shape index (κ2) is 14.6. The van der Waals surface area contributed by atoms with Crippen LogP contribution in [0.1, 0.15) is 40.0 Å².